The number of nitrogens with zero attached hydrogens (tertiary/aromatic N) is 2. The molecule has 0 unspecified atom stereocenters. The third-order valence-corrected chi connectivity index (χ3v) is 5.49. The molecule has 3 aromatic rings. The maximum absolute atomic E-state index is 13.1. The molecule has 0 radical (unpaired) electrons. The minimum absolute atomic E-state index is 0.0601. The van der Waals surface area contributed by atoms with E-state index in [9.17, 15) is 4.79 Å². The Balaban J connectivity index is 2.46. The summed E-state index contributed by atoms with van der Waals surface area (Å²) < 4.78 is 7.68. The fourth-order valence-electron chi connectivity index (χ4n) is 3.65. The number of benzene rings is 2. The van der Waals surface area contributed by atoms with Crippen molar-refractivity contribution in [1.82, 2.24) is 14.9 Å². The van der Waals surface area contributed by atoms with Gasteiger partial charge in [0.1, 0.15) is 11.6 Å². The summed E-state index contributed by atoms with van der Waals surface area (Å²) >= 11 is 12.6. The third-order valence-electron chi connectivity index (χ3n) is 5.02. The Bertz CT molecular complexity index is 1150. The predicted octanol–water partition coefficient (Wildman–Crippen LogP) is 6.50. The number of hydrogen-bond donors (Lipinski definition) is 1. The van der Waals surface area contributed by atoms with Gasteiger partial charge in [0, 0.05) is 28.6 Å². The van der Waals surface area contributed by atoms with Gasteiger partial charge in [0.15, 0.2) is 5.69 Å². The maximum atomic E-state index is 13.1. The normalized spacial score (nSPS) is 11.5. The molecule has 0 bridgehead atoms. The molecule has 0 aliphatic heterocycles. The number of ether oxygens (including phenoxy) is 1. The van der Waals surface area contributed by atoms with Crippen molar-refractivity contribution in [2.24, 2.45) is 5.41 Å². The van der Waals surface area contributed by atoms with E-state index in [1.54, 1.807) is 19.2 Å². The zero-order chi connectivity index (χ0) is 23.6. The summed E-state index contributed by atoms with van der Waals surface area (Å²) in [6, 6.07) is 11.1. The standard InChI is InChI=1S/C25H29Cl2N3O2/c1-7-28-24(31)22-23(18-11-10-17(27)13-20(18)32-6)30(21(29-22)14-25(3,4)5)19-12-16(26)9-8-15(19)2/h8-13H,7,14H2,1-6H3,(H,28,31). The van der Waals surface area contributed by atoms with Crippen LogP contribution < -0.4 is 10.1 Å². The predicted molar refractivity (Wildman–Crippen MR) is 131 cm³/mol. The second kappa shape index (κ2) is 9.55. The van der Waals surface area contributed by atoms with Crippen molar-refractivity contribution in [2.75, 3.05) is 13.7 Å². The molecule has 0 aliphatic carbocycles. The van der Waals surface area contributed by atoms with Gasteiger partial charge in [-0.2, -0.15) is 0 Å². The summed E-state index contributed by atoms with van der Waals surface area (Å²) in [5.74, 6) is 1.09. The van der Waals surface area contributed by atoms with Crippen LogP contribution in [-0.4, -0.2) is 29.1 Å². The molecule has 1 aromatic heterocycles. The van der Waals surface area contributed by atoms with Gasteiger partial charge in [-0.3, -0.25) is 9.36 Å². The fourth-order valence-corrected chi connectivity index (χ4v) is 3.98. The van der Waals surface area contributed by atoms with Gasteiger partial charge < -0.3 is 10.1 Å². The zero-order valence-corrected chi connectivity index (χ0v) is 20.9. The first-order valence-electron chi connectivity index (χ1n) is 10.6. The van der Waals surface area contributed by atoms with Crippen LogP contribution in [0.4, 0.5) is 0 Å². The molecule has 1 amide bonds. The molecule has 0 atom stereocenters. The molecule has 3 rings (SSSR count). The van der Waals surface area contributed by atoms with Gasteiger partial charge in [0.2, 0.25) is 0 Å². The van der Waals surface area contributed by atoms with Crippen LogP contribution in [-0.2, 0) is 6.42 Å². The highest BCUT2D eigenvalue weighted by molar-refractivity contribution is 6.31. The number of hydrogen-bond acceptors (Lipinski definition) is 3. The van der Waals surface area contributed by atoms with E-state index in [0.29, 0.717) is 40.1 Å². The summed E-state index contributed by atoms with van der Waals surface area (Å²) in [4.78, 5) is 18.0. The number of imidazole rings is 1. The molecular weight excluding hydrogens is 445 g/mol. The highest BCUT2D eigenvalue weighted by Crippen LogP contribution is 2.39. The van der Waals surface area contributed by atoms with Crippen LogP contribution in [0.15, 0.2) is 36.4 Å². The van der Waals surface area contributed by atoms with Crippen LogP contribution >= 0.6 is 23.2 Å². The van der Waals surface area contributed by atoms with Crippen LogP contribution in [0.25, 0.3) is 16.9 Å². The van der Waals surface area contributed by atoms with Crippen LogP contribution in [0.2, 0.25) is 10.0 Å². The van der Waals surface area contributed by atoms with Crippen molar-refractivity contribution >= 4 is 29.1 Å². The molecule has 2 aromatic carbocycles. The Kier molecular flexibility index (Phi) is 7.21. The SMILES string of the molecule is CCNC(=O)c1nc(CC(C)(C)C)n(-c2cc(Cl)ccc2C)c1-c1ccc(Cl)cc1OC. The highest BCUT2D eigenvalue weighted by atomic mass is 35.5. The topological polar surface area (TPSA) is 56.2 Å². The van der Waals surface area contributed by atoms with Crippen molar-refractivity contribution < 1.29 is 9.53 Å². The summed E-state index contributed by atoms with van der Waals surface area (Å²) in [5.41, 5.74) is 3.53. The van der Waals surface area contributed by atoms with Crippen molar-refractivity contribution in [3.05, 3.63) is 63.5 Å². The quantitative estimate of drug-likeness (QED) is 0.444. The van der Waals surface area contributed by atoms with E-state index in [0.717, 1.165) is 22.6 Å². The molecule has 0 aliphatic rings. The molecule has 1 heterocycles. The van der Waals surface area contributed by atoms with Gasteiger partial charge in [-0.05, 0) is 55.2 Å². The molecule has 5 nitrogen and oxygen atoms in total. The van der Waals surface area contributed by atoms with Crippen molar-refractivity contribution in [3.8, 4) is 22.7 Å². The van der Waals surface area contributed by atoms with Gasteiger partial charge in [-0.1, -0.05) is 50.0 Å². The lowest BCUT2D eigenvalue weighted by atomic mass is 9.92. The molecular formula is C25H29Cl2N3O2. The molecule has 0 fully saturated rings. The van der Waals surface area contributed by atoms with Crippen LogP contribution in [0, 0.1) is 12.3 Å². The van der Waals surface area contributed by atoms with E-state index in [1.807, 2.05) is 42.7 Å². The number of amides is 1. The summed E-state index contributed by atoms with van der Waals surface area (Å²) in [6.07, 6.45) is 0.654. The van der Waals surface area contributed by atoms with Crippen molar-refractivity contribution in [1.29, 1.82) is 0 Å². The maximum Gasteiger partial charge on any atom is 0.272 e. The smallest absolute Gasteiger partial charge is 0.272 e. The van der Waals surface area contributed by atoms with Crippen molar-refractivity contribution in [2.45, 2.75) is 41.0 Å². The monoisotopic (exact) mass is 473 g/mol. The average Bonchev–Trinajstić information content (AvgIpc) is 3.06. The Hall–Kier alpha value is -2.50. The molecule has 32 heavy (non-hydrogen) atoms. The first kappa shape index (κ1) is 24.1. The third kappa shape index (κ3) is 5.11. The molecule has 7 heteroatoms. The minimum Gasteiger partial charge on any atom is -0.496 e. The number of nitrogens with one attached hydrogen (secondary N) is 1. The zero-order valence-electron chi connectivity index (χ0n) is 19.3. The summed E-state index contributed by atoms with van der Waals surface area (Å²) in [5, 5.41) is 4.05. The number of rotatable bonds is 6. The van der Waals surface area contributed by atoms with Crippen LogP contribution in [0.3, 0.4) is 0 Å². The van der Waals surface area contributed by atoms with Gasteiger partial charge in [0.25, 0.3) is 5.91 Å². The molecule has 0 spiro atoms. The summed E-state index contributed by atoms with van der Waals surface area (Å²) in [7, 11) is 1.59. The van der Waals surface area contributed by atoms with Crippen LogP contribution in [0.1, 0.15) is 49.6 Å². The van der Waals surface area contributed by atoms with E-state index >= 15 is 0 Å². The molecule has 1 N–H and O–H groups in total. The largest absolute Gasteiger partial charge is 0.496 e. The van der Waals surface area contributed by atoms with E-state index in [2.05, 4.69) is 26.1 Å². The van der Waals surface area contributed by atoms with E-state index in [-0.39, 0.29) is 11.3 Å². The first-order valence-corrected chi connectivity index (χ1v) is 11.3. The summed E-state index contributed by atoms with van der Waals surface area (Å²) in [6.45, 7) is 10.8. The second-order valence-corrected chi connectivity index (χ2v) is 9.81. The minimum atomic E-state index is -0.243. The Morgan fingerprint density at radius 2 is 1.78 bits per heavy atom. The molecule has 0 saturated carbocycles. The van der Waals surface area contributed by atoms with Gasteiger partial charge >= 0.3 is 0 Å². The van der Waals surface area contributed by atoms with Crippen LogP contribution in [0.5, 0.6) is 5.75 Å². The second-order valence-electron chi connectivity index (χ2n) is 8.93. The number of carbonyl (C=O) groups excluding carboxylic acids is 1. The van der Waals surface area contributed by atoms with E-state index in [4.69, 9.17) is 32.9 Å². The number of aromatic nitrogens is 2. The van der Waals surface area contributed by atoms with Gasteiger partial charge in [-0.15, -0.1) is 0 Å². The lowest BCUT2D eigenvalue weighted by Gasteiger charge is -2.21. The number of aryl methyl sites for hydroxylation is 1. The Labute approximate surface area is 199 Å². The van der Waals surface area contributed by atoms with E-state index < -0.39 is 0 Å². The number of halogens is 2. The lowest BCUT2D eigenvalue weighted by Crippen LogP contribution is -2.24. The Morgan fingerprint density at radius 1 is 1.12 bits per heavy atom. The molecule has 0 saturated heterocycles. The van der Waals surface area contributed by atoms with Gasteiger partial charge in [-0.25, -0.2) is 4.98 Å². The fraction of sp³-hybridized carbons (Fsp3) is 0.360. The molecule has 170 valence electrons. The highest BCUT2D eigenvalue weighted by Gasteiger charge is 2.29. The number of methoxy groups -OCH3 is 1. The Morgan fingerprint density at radius 3 is 2.41 bits per heavy atom. The lowest BCUT2D eigenvalue weighted by molar-refractivity contribution is 0.0951. The van der Waals surface area contributed by atoms with Crippen molar-refractivity contribution in [3.63, 3.8) is 0 Å². The number of carbonyl (C=O) groups is 1. The van der Waals surface area contributed by atoms with Gasteiger partial charge in [0.05, 0.1) is 18.5 Å². The first-order chi connectivity index (χ1) is 15.1. The van der Waals surface area contributed by atoms with E-state index in [1.165, 1.54) is 0 Å². The average molecular weight is 474 g/mol.